The highest BCUT2D eigenvalue weighted by atomic mass is 32.1. The molecule has 106 valence electrons. The summed E-state index contributed by atoms with van der Waals surface area (Å²) in [7, 11) is 0. The van der Waals surface area contributed by atoms with E-state index in [0.29, 0.717) is 5.56 Å². The first kappa shape index (κ1) is 14.6. The highest BCUT2D eigenvalue weighted by Gasteiger charge is 2.18. The van der Waals surface area contributed by atoms with Crippen LogP contribution in [0.1, 0.15) is 46.6 Å². The molecule has 1 aromatic carbocycles. The van der Waals surface area contributed by atoms with Crippen LogP contribution in [-0.4, -0.2) is 11.0 Å². The Bertz CT molecular complexity index is 578. The minimum absolute atomic E-state index is 0.00760. The first-order valence-corrected chi connectivity index (χ1v) is 7.63. The number of phenols is 1. The van der Waals surface area contributed by atoms with Crippen molar-refractivity contribution in [3.63, 3.8) is 0 Å². The first-order valence-electron chi connectivity index (χ1n) is 6.75. The Morgan fingerprint density at radius 3 is 2.80 bits per heavy atom. The largest absolute Gasteiger partial charge is 0.507 e. The number of hydrogen-bond donors (Lipinski definition) is 2. The fourth-order valence-electron chi connectivity index (χ4n) is 2.13. The lowest BCUT2D eigenvalue weighted by atomic mass is 10.1. The number of phenolic OH excluding ortho intramolecular Hbond substituents is 1. The quantitative estimate of drug-likeness (QED) is 0.873. The molecule has 0 radical (unpaired) electrons. The van der Waals surface area contributed by atoms with Gasteiger partial charge in [0.15, 0.2) is 0 Å². The van der Waals surface area contributed by atoms with Crippen molar-refractivity contribution >= 4 is 17.2 Å². The number of thiophene rings is 1. The molecule has 0 saturated heterocycles. The molecule has 2 N–H and O–H groups in total. The molecule has 0 aliphatic rings. The number of aromatic hydroxyl groups is 1. The summed E-state index contributed by atoms with van der Waals surface area (Å²) in [6, 6.07) is 9.12. The van der Waals surface area contributed by atoms with E-state index in [-0.39, 0.29) is 17.7 Å². The van der Waals surface area contributed by atoms with E-state index in [0.717, 1.165) is 23.3 Å². The lowest BCUT2D eigenvalue weighted by molar-refractivity contribution is 0.0932. The van der Waals surface area contributed by atoms with Gasteiger partial charge in [0.25, 0.3) is 5.91 Å². The highest BCUT2D eigenvalue weighted by molar-refractivity contribution is 7.10. The van der Waals surface area contributed by atoms with Crippen LogP contribution >= 0.6 is 11.3 Å². The van der Waals surface area contributed by atoms with Gasteiger partial charge in [0.1, 0.15) is 5.75 Å². The maximum atomic E-state index is 12.3. The first-order chi connectivity index (χ1) is 9.61. The van der Waals surface area contributed by atoms with Crippen LogP contribution in [0.2, 0.25) is 0 Å². The summed E-state index contributed by atoms with van der Waals surface area (Å²) in [6.45, 7) is 3.98. The van der Waals surface area contributed by atoms with Gasteiger partial charge < -0.3 is 10.4 Å². The lowest BCUT2D eigenvalue weighted by Crippen LogP contribution is -2.28. The van der Waals surface area contributed by atoms with Crippen molar-refractivity contribution in [3.8, 4) is 5.75 Å². The summed E-state index contributed by atoms with van der Waals surface area (Å²) in [4.78, 5) is 13.4. The van der Waals surface area contributed by atoms with Crippen LogP contribution in [0.3, 0.4) is 0 Å². The van der Waals surface area contributed by atoms with E-state index < -0.39 is 0 Å². The van der Waals surface area contributed by atoms with Gasteiger partial charge in [-0.05, 0) is 42.5 Å². The maximum Gasteiger partial charge on any atom is 0.255 e. The molecule has 3 nitrogen and oxygen atoms in total. The van der Waals surface area contributed by atoms with Gasteiger partial charge in [0.05, 0.1) is 11.6 Å². The van der Waals surface area contributed by atoms with Crippen molar-refractivity contribution < 1.29 is 9.90 Å². The topological polar surface area (TPSA) is 49.3 Å². The monoisotopic (exact) mass is 289 g/mol. The van der Waals surface area contributed by atoms with Crippen LogP contribution in [-0.2, 0) is 0 Å². The molecule has 1 unspecified atom stereocenters. The second-order valence-corrected chi connectivity index (χ2v) is 5.83. The summed E-state index contributed by atoms with van der Waals surface area (Å²) >= 11 is 1.64. The van der Waals surface area contributed by atoms with Crippen molar-refractivity contribution in [2.75, 3.05) is 0 Å². The molecule has 0 aliphatic carbocycles. The zero-order valence-corrected chi connectivity index (χ0v) is 12.5. The number of rotatable bonds is 5. The Morgan fingerprint density at radius 1 is 1.40 bits per heavy atom. The lowest BCUT2D eigenvalue weighted by Gasteiger charge is -2.17. The third-order valence-electron chi connectivity index (χ3n) is 3.17. The molecule has 2 rings (SSSR count). The van der Waals surface area contributed by atoms with E-state index in [1.54, 1.807) is 23.5 Å². The van der Waals surface area contributed by atoms with E-state index in [2.05, 4.69) is 12.2 Å². The molecule has 0 aliphatic heterocycles. The van der Waals surface area contributed by atoms with Gasteiger partial charge in [0.2, 0.25) is 0 Å². The SMILES string of the molecule is CCCC(NC(=O)c1ccc(C)cc1O)c1cccs1. The molecule has 20 heavy (non-hydrogen) atoms. The third-order valence-corrected chi connectivity index (χ3v) is 4.15. The van der Waals surface area contributed by atoms with E-state index >= 15 is 0 Å². The van der Waals surface area contributed by atoms with Crippen molar-refractivity contribution in [1.82, 2.24) is 5.32 Å². The number of hydrogen-bond acceptors (Lipinski definition) is 3. The van der Waals surface area contributed by atoms with Crippen molar-refractivity contribution in [2.45, 2.75) is 32.7 Å². The summed E-state index contributed by atoms with van der Waals surface area (Å²) in [5.74, 6) is -0.196. The third kappa shape index (κ3) is 3.39. The molecule has 0 spiro atoms. The molecule has 4 heteroatoms. The fraction of sp³-hybridized carbons (Fsp3) is 0.312. The minimum Gasteiger partial charge on any atom is -0.507 e. The Morgan fingerprint density at radius 2 is 2.20 bits per heavy atom. The average Bonchev–Trinajstić information content (AvgIpc) is 2.91. The van der Waals surface area contributed by atoms with Crippen molar-refractivity contribution in [2.24, 2.45) is 0 Å². The molecule has 2 aromatic rings. The summed E-state index contributed by atoms with van der Waals surface area (Å²) in [5.41, 5.74) is 1.26. The second-order valence-electron chi connectivity index (χ2n) is 4.85. The smallest absolute Gasteiger partial charge is 0.255 e. The van der Waals surface area contributed by atoms with Crippen LogP contribution in [0, 0.1) is 6.92 Å². The molecule has 0 fully saturated rings. The average molecular weight is 289 g/mol. The number of amides is 1. The Kier molecular flexibility index (Phi) is 4.79. The second kappa shape index (κ2) is 6.57. The van der Waals surface area contributed by atoms with Gasteiger partial charge in [-0.2, -0.15) is 0 Å². The van der Waals surface area contributed by atoms with Gasteiger partial charge >= 0.3 is 0 Å². The van der Waals surface area contributed by atoms with Gasteiger partial charge in [-0.25, -0.2) is 0 Å². The maximum absolute atomic E-state index is 12.3. The van der Waals surface area contributed by atoms with Gasteiger partial charge in [-0.15, -0.1) is 11.3 Å². The van der Waals surface area contributed by atoms with Crippen molar-refractivity contribution in [3.05, 3.63) is 51.7 Å². The number of benzene rings is 1. The zero-order chi connectivity index (χ0) is 14.5. The molecule has 0 saturated carbocycles. The van der Waals surface area contributed by atoms with E-state index in [1.165, 1.54) is 0 Å². The fourth-order valence-corrected chi connectivity index (χ4v) is 2.95. The number of carbonyl (C=O) groups is 1. The van der Waals surface area contributed by atoms with Crippen LogP contribution < -0.4 is 5.32 Å². The van der Waals surface area contributed by atoms with Crippen LogP contribution in [0.4, 0.5) is 0 Å². The number of carbonyl (C=O) groups excluding carboxylic acids is 1. The minimum atomic E-state index is -0.227. The predicted octanol–water partition coefficient (Wildman–Crippen LogP) is 4.03. The van der Waals surface area contributed by atoms with Crippen molar-refractivity contribution in [1.29, 1.82) is 0 Å². The molecule has 0 bridgehead atoms. The summed E-state index contributed by atoms with van der Waals surface area (Å²) in [6.07, 6.45) is 1.88. The van der Waals surface area contributed by atoms with Gasteiger partial charge in [-0.3, -0.25) is 4.79 Å². The predicted molar refractivity (Wildman–Crippen MR) is 82.3 cm³/mol. The molecular weight excluding hydrogens is 270 g/mol. The Balaban J connectivity index is 2.16. The van der Waals surface area contributed by atoms with Crippen LogP contribution in [0.15, 0.2) is 35.7 Å². The summed E-state index contributed by atoms with van der Waals surface area (Å²) in [5, 5.41) is 14.9. The molecule has 1 amide bonds. The Labute approximate surface area is 123 Å². The molecule has 1 aromatic heterocycles. The molecule has 1 heterocycles. The number of nitrogens with one attached hydrogen (secondary N) is 1. The Hall–Kier alpha value is -1.81. The van der Waals surface area contributed by atoms with E-state index in [9.17, 15) is 9.90 Å². The van der Waals surface area contributed by atoms with Crippen LogP contribution in [0.25, 0.3) is 0 Å². The highest BCUT2D eigenvalue weighted by Crippen LogP contribution is 2.25. The zero-order valence-electron chi connectivity index (χ0n) is 11.7. The molecule has 1 atom stereocenters. The molecular formula is C16H19NO2S. The normalized spacial score (nSPS) is 12.1. The van der Waals surface area contributed by atoms with Crippen LogP contribution in [0.5, 0.6) is 5.75 Å². The van der Waals surface area contributed by atoms with E-state index in [1.807, 2.05) is 30.5 Å². The standard InChI is InChI=1S/C16H19NO2S/c1-3-5-13(15-6-4-9-20-15)17-16(19)12-8-7-11(2)10-14(12)18/h4,6-10,13,18H,3,5H2,1-2H3,(H,17,19). The summed E-state index contributed by atoms with van der Waals surface area (Å²) < 4.78 is 0. The number of aryl methyl sites for hydroxylation is 1. The van der Waals surface area contributed by atoms with Gasteiger partial charge in [-0.1, -0.05) is 25.5 Å². The van der Waals surface area contributed by atoms with E-state index in [4.69, 9.17) is 0 Å². The van der Waals surface area contributed by atoms with Gasteiger partial charge in [0, 0.05) is 4.88 Å².